The van der Waals surface area contributed by atoms with E-state index in [0.29, 0.717) is 18.9 Å². The molecule has 0 bridgehead atoms. The molecule has 1 heterocycles. The maximum atomic E-state index is 12.3. The SMILES string of the molecule is CC(C)CCN1C(C)(C)CNCCCS1(=O)=O. The van der Waals surface area contributed by atoms with Crippen molar-refractivity contribution in [2.45, 2.75) is 46.1 Å². The van der Waals surface area contributed by atoms with Gasteiger partial charge in [-0.2, -0.15) is 4.31 Å². The van der Waals surface area contributed by atoms with Crippen molar-refractivity contribution in [1.29, 1.82) is 0 Å². The van der Waals surface area contributed by atoms with Crippen LogP contribution in [0.25, 0.3) is 0 Å². The third-order valence-electron chi connectivity index (χ3n) is 3.23. The van der Waals surface area contributed by atoms with Gasteiger partial charge in [0.1, 0.15) is 0 Å². The molecule has 0 aromatic rings. The van der Waals surface area contributed by atoms with E-state index in [4.69, 9.17) is 0 Å². The van der Waals surface area contributed by atoms with Crippen molar-refractivity contribution in [3.63, 3.8) is 0 Å². The molecular formula is C12H26N2O2S. The smallest absolute Gasteiger partial charge is 0.214 e. The summed E-state index contributed by atoms with van der Waals surface area (Å²) < 4.78 is 26.3. The van der Waals surface area contributed by atoms with Gasteiger partial charge < -0.3 is 5.32 Å². The average Bonchev–Trinajstić information content (AvgIpc) is 2.14. The Balaban J connectivity index is 2.87. The molecule has 5 heteroatoms. The largest absolute Gasteiger partial charge is 0.315 e. The summed E-state index contributed by atoms with van der Waals surface area (Å²) in [5, 5.41) is 3.33. The fraction of sp³-hybridized carbons (Fsp3) is 1.00. The second-order valence-electron chi connectivity index (χ2n) is 5.91. The molecule has 0 aromatic carbocycles. The van der Waals surface area contributed by atoms with Crippen LogP contribution >= 0.6 is 0 Å². The van der Waals surface area contributed by atoms with E-state index in [1.54, 1.807) is 4.31 Å². The highest BCUT2D eigenvalue weighted by Crippen LogP contribution is 2.22. The standard InChI is InChI=1S/C12H26N2O2S/c1-11(2)6-8-14-12(3,4)10-13-7-5-9-17(14,15)16/h11,13H,5-10H2,1-4H3. The second kappa shape index (κ2) is 5.67. The molecule has 0 atom stereocenters. The molecular weight excluding hydrogens is 236 g/mol. The van der Waals surface area contributed by atoms with Crippen LogP contribution in [0, 0.1) is 5.92 Å². The molecule has 0 saturated carbocycles. The van der Waals surface area contributed by atoms with Gasteiger partial charge in [0.05, 0.1) is 5.75 Å². The Labute approximate surface area is 106 Å². The minimum atomic E-state index is -3.09. The van der Waals surface area contributed by atoms with Crippen LogP contribution in [-0.2, 0) is 10.0 Å². The Morgan fingerprint density at radius 2 is 2.00 bits per heavy atom. The fourth-order valence-electron chi connectivity index (χ4n) is 2.17. The van der Waals surface area contributed by atoms with Crippen LogP contribution in [-0.4, -0.2) is 43.6 Å². The third-order valence-corrected chi connectivity index (χ3v) is 5.39. The van der Waals surface area contributed by atoms with E-state index in [1.807, 2.05) is 13.8 Å². The van der Waals surface area contributed by atoms with Crippen LogP contribution in [0.2, 0.25) is 0 Å². The first kappa shape index (κ1) is 14.9. The summed E-state index contributed by atoms with van der Waals surface area (Å²) in [6.45, 7) is 10.4. The maximum absolute atomic E-state index is 12.3. The van der Waals surface area contributed by atoms with Gasteiger partial charge in [-0.1, -0.05) is 13.8 Å². The van der Waals surface area contributed by atoms with Crippen molar-refractivity contribution in [2.75, 3.05) is 25.4 Å². The van der Waals surface area contributed by atoms with Crippen LogP contribution in [0.15, 0.2) is 0 Å². The molecule has 102 valence electrons. The first-order valence-corrected chi connectivity index (χ1v) is 8.08. The van der Waals surface area contributed by atoms with Crippen molar-refractivity contribution < 1.29 is 8.42 Å². The molecule has 0 aromatic heterocycles. The lowest BCUT2D eigenvalue weighted by atomic mass is 10.0. The van der Waals surface area contributed by atoms with E-state index in [-0.39, 0.29) is 11.3 Å². The van der Waals surface area contributed by atoms with Gasteiger partial charge in [0.2, 0.25) is 10.0 Å². The van der Waals surface area contributed by atoms with Gasteiger partial charge in [-0.05, 0) is 39.2 Å². The maximum Gasteiger partial charge on any atom is 0.214 e. The van der Waals surface area contributed by atoms with Gasteiger partial charge in [-0.25, -0.2) is 8.42 Å². The molecule has 0 spiro atoms. The van der Waals surface area contributed by atoms with Crippen molar-refractivity contribution >= 4 is 10.0 Å². The molecule has 4 nitrogen and oxygen atoms in total. The van der Waals surface area contributed by atoms with Crippen LogP contribution < -0.4 is 5.32 Å². The first-order valence-electron chi connectivity index (χ1n) is 6.47. The van der Waals surface area contributed by atoms with Crippen LogP contribution in [0.5, 0.6) is 0 Å². The summed E-state index contributed by atoms with van der Waals surface area (Å²) in [4.78, 5) is 0. The Hall–Kier alpha value is -0.130. The molecule has 1 rings (SSSR count). The third kappa shape index (κ3) is 4.23. The average molecular weight is 262 g/mol. The van der Waals surface area contributed by atoms with Crippen LogP contribution in [0.4, 0.5) is 0 Å². The van der Waals surface area contributed by atoms with Crippen molar-refractivity contribution in [2.24, 2.45) is 5.92 Å². The summed E-state index contributed by atoms with van der Waals surface area (Å²) >= 11 is 0. The summed E-state index contributed by atoms with van der Waals surface area (Å²) in [5.74, 6) is 0.793. The lowest BCUT2D eigenvalue weighted by molar-refractivity contribution is 0.207. The lowest BCUT2D eigenvalue weighted by Gasteiger charge is -2.39. The Bertz CT molecular complexity index is 336. The van der Waals surface area contributed by atoms with Gasteiger partial charge in [0.25, 0.3) is 0 Å². The fourth-order valence-corrected chi connectivity index (χ4v) is 4.10. The molecule has 0 amide bonds. The van der Waals surface area contributed by atoms with E-state index in [9.17, 15) is 8.42 Å². The molecule has 1 N–H and O–H groups in total. The molecule has 1 fully saturated rings. The highest BCUT2D eigenvalue weighted by molar-refractivity contribution is 7.89. The quantitative estimate of drug-likeness (QED) is 0.837. The van der Waals surface area contributed by atoms with Crippen LogP contribution in [0.1, 0.15) is 40.5 Å². The van der Waals surface area contributed by atoms with Crippen molar-refractivity contribution in [3.8, 4) is 0 Å². The zero-order valence-corrected chi connectivity index (χ0v) is 12.3. The highest BCUT2D eigenvalue weighted by Gasteiger charge is 2.36. The van der Waals surface area contributed by atoms with E-state index in [2.05, 4.69) is 19.2 Å². The molecule has 0 radical (unpaired) electrons. The molecule has 1 aliphatic rings. The predicted molar refractivity (Wildman–Crippen MR) is 71.5 cm³/mol. The van der Waals surface area contributed by atoms with Crippen molar-refractivity contribution in [3.05, 3.63) is 0 Å². The zero-order valence-electron chi connectivity index (χ0n) is 11.5. The lowest BCUT2D eigenvalue weighted by Crippen LogP contribution is -2.56. The minimum absolute atomic E-state index is 0.265. The van der Waals surface area contributed by atoms with Gasteiger partial charge in [0, 0.05) is 18.6 Å². The Kier molecular flexibility index (Phi) is 4.98. The summed E-state index contributed by atoms with van der Waals surface area (Å²) in [5.41, 5.74) is -0.325. The van der Waals surface area contributed by atoms with Crippen molar-refractivity contribution in [1.82, 2.24) is 9.62 Å². The number of nitrogens with one attached hydrogen (secondary N) is 1. The van der Waals surface area contributed by atoms with Gasteiger partial charge in [-0.15, -0.1) is 0 Å². The zero-order chi connectivity index (χ0) is 13.1. The topological polar surface area (TPSA) is 49.4 Å². The number of hydrogen-bond acceptors (Lipinski definition) is 3. The molecule has 17 heavy (non-hydrogen) atoms. The van der Waals surface area contributed by atoms with E-state index in [0.717, 1.165) is 19.5 Å². The monoisotopic (exact) mass is 262 g/mol. The first-order chi connectivity index (χ1) is 7.76. The number of rotatable bonds is 3. The van der Waals surface area contributed by atoms with Gasteiger partial charge in [-0.3, -0.25) is 0 Å². The Morgan fingerprint density at radius 1 is 1.35 bits per heavy atom. The number of hydrogen-bond donors (Lipinski definition) is 1. The van der Waals surface area contributed by atoms with Gasteiger partial charge in [0.15, 0.2) is 0 Å². The summed E-state index contributed by atoms with van der Waals surface area (Å²) in [7, 11) is -3.09. The minimum Gasteiger partial charge on any atom is -0.315 e. The van der Waals surface area contributed by atoms with Gasteiger partial charge >= 0.3 is 0 Å². The summed E-state index contributed by atoms with van der Waals surface area (Å²) in [6, 6.07) is 0. The molecule has 1 aliphatic heterocycles. The Morgan fingerprint density at radius 3 is 2.59 bits per heavy atom. The number of nitrogens with zero attached hydrogens (tertiary/aromatic N) is 1. The summed E-state index contributed by atoms with van der Waals surface area (Å²) in [6.07, 6.45) is 1.62. The van der Waals surface area contributed by atoms with Crippen LogP contribution in [0.3, 0.4) is 0 Å². The molecule has 1 saturated heterocycles. The molecule has 0 aliphatic carbocycles. The normalized spacial score (nSPS) is 25.5. The van der Waals surface area contributed by atoms with E-state index < -0.39 is 10.0 Å². The van der Waals surface area contributed by atoms with E-state index >= 15 is 0 Å². The highest BCUT2D eigenvalue weighted by atomic mass is 32.2. The second-order valence-corrected chi connectivity index (χ2v) is 7.93. The predicted octanol–water partition coefficient (Wildman–Crippen LogP) is 1.44. The molecule has 0 unspecified atom stereocenters. The van der Waals surface area contributed by atoms with E-state index in [1.165, 1.54) is 0 Å². The number of sulfonamides is 1.